The van der Waals surface area contributed by atoms with Gasteiger partial charge in [0.1, 0.15) is 5.82 Å². The van der Waals surface area contributed by atoms with E-state index in [9.17, 15) is 12.8 Å². The molecule has 1 aliphatic rings. The molecule has 1 aromatic rings. The van der Waals surface area contributed by atoms with Crippen molar-refractivity contribution in [1.82, 2.24) is 4.31 Å². The summed E-state index contributed by atoms with van der Waals surface area (Å²) in [6.07, 6.45) is 1.23. The SMILES string of the molecule is CCS(=O)(=O)N1CCC(c2c(N)cccc2F)CC1. The van der Waals surface area contributed by atoms with Crippen molar-refractivity contribution in [3.63, 3.8) is 0 Å². The number of rotatable bonds is 3. The van der Waals surface area contributed by atoms with E-state index in [1.54, 1.807) is 19.1 Å². The molecule has 1 aromatic carbocycles. The summed E-state index contributed by atoms with van der Waals surface area (Å²) in [6, 6.07) is 4.68. The predicted molar refractivity (Wildman–Crippen MR) is 73.8 cm³/mol. The summed E-state index contributed by atoms with van der Waals surface area (Å²) in [5.41, 5.74) is 6.82. The number of nitrogens with zero attached hydrogens (tertiary/aromatic N) is 1. The maximum atomic E-state index is 13.8. The smallest absolute Gasteiger partial charge is 0.213 e. The first-order chi connectivity index (χ1) is 8.95. The van der Waals surface area contributed by atoms with Gasteiger partial charge in [-0.15, -0.1) is 0 Å². The molecule has 0 spiro atoms. The molecule has 0 bridgehead atoms. The van der Waals surface area contributed by atoms with Crippen LogP contribution < -0.4 is 5.73 Å². The molecule has 1 fully saturated rings. The average Bonchev–Trinajstić information content (AvgIpc) is 2.39. The second-order valence-electron chi connectivity index (χ2n) is 4.82. The fraction of sp³-hybridized carbons (Fsp3) is 0.538. The van der Waals surface area contributed by atoms with Crippen LogP contribution in [0.3, 0.4) is 0 Å². The monoisotopic (exact) mass is 286 g/mol. The molecule has 1 heterocycles. The summed E-state index contributed by atoms with van der Waals surface area (Å²) in [5.74, 6) is -0.180. The van der Waals surface area contributed by atoms with Crippen LogP contribution in [0.15, 0.2) is 18.2 Å². The molecule has 1 aliphatic heterocycles. The third kappa shape index (κ3) is 2.90. The van der Waals surface area contributed by atoms with Crippen molar-refractivity contribution in [2.24, 2.45) is 0 Å². The van der Waals surface area contributed by atoms with Gasteiger partial charge in [-0.05, 0) is 37.8 Å². The molecule has 0 atom stereocenters. The summed E-state index contributed by atoms with van der Waals surface area (Å²) < 4.78 is 38.8. The Balaban J connectivity index is 2.13. The third-order valence-electron chi connectivity index (χ3n) is 3.71. The number of piperidine rings is 1. The van der Waals surface area contributed by atoms with Crippen LogP contribution in [0.2, 0.25) is 0 Å². The highest BCUT2D eigenvalue weighted by molar-refractivity contribution is 7.89. The van der Waals surface area contributed by atoms with Gasteiger partial charge in [0.15, 0.2) is 0 Å². The molecule has 0 amide bonds. The van der Waals surface area contributed by atoms with Gasteiger partial charge < -0.3 is 5.73 Å². The van der Waals surface area contributed by atoms with Crippen molar-refractivity contribution in [3.8, 4) is 0 Å². The van der Waals surface area contributed by atoms with Crippen molar-refractivity contribution in [2.75, 3.05) is 24.6 Å². The molecule has 0 radical (unpaired) electrons. The van der Waals surface area contributed by atoms with Gasteiger partial charge in [0.05, 0.1) is 5.75 Å². The van der Waals surface area contributed by atoms with Crippen molar-refractivity contribution in [2.45, 2.75) is 25.7 Å². The molecule has 6 heteroatoms. The lowest BCUT2D eigenvalue weighted by atomic mass is 9.89. The van der Waals surface area contributed by atoms with Crippen LogP contribution >= 0.6 is 0 Å². The Morgan fingerprint density at radius 2 is 2.00 bits per heavy atom. The first kappa shape index (κ1) is 14.3. The van der Waals surface area contributed by atoms with Gasteiger partial charge in [0.25, 0.3) is 0 Å². The highest BCUT2D eigenvalue weighted by Gasteiger charge is 2.29. The van der Waals surface area contributed by atoms with Crippen LogP contribution in [0.5, 0.6) is 0 Å². The summed E-state index contributed by atoms with van der Waals surface area (Å²) >= 11 is 0. The van der Waals surface area contributed by atoms with Crippen LogP contribution in [-0.2, 0) is 10.0 Å². The van der Waals surface area contributed by atoms with Gasteiger partial charge in [-0.1, -0.05) is 6.07 Å². The normalized spacial score (nSPS) is 18.6. The quantitative estimate of drug-likeness (QED) is 0.864. The summed E-state index contributed by atoms with van der Waals surface area (Å²) in [7, 11) is -3.14. The molecule has 106 valence electrons. The van der Waals surface area contributed by atoms with Crippen LogP contribution in [0.4, 0.5) is 10.1 Å². The zero-order valence-corrected chi connectivity index (χ0v) is 11.8. The summed E-state index contributed by atoms with van der Waals surface area (Å²) in [6.45, 7) is 2.51. The lowest BCUT2D eigenvalue weighted by molar-refractivity contribution is 0.316. The van der Waals surface area contributed by atoms with Crippen LogP contribution in [-0.4, -0.2) is 31.6 Å². The second kappa shape index (κ2) is 5.46. The van der Waals surface area contributed by atoms with Crippen molar-refractivity contribution in [3.05, 3.63) is 29.6 Å². The Kier molecular flexibility index (Phi) is 4.10. The second-order valence-corrected chi connectivity index (χ2v) is 7.07. The highest BCUT2D eigenvalue weighted by atomic mass is 32.2. The summed E-state index contributed by atoms with van der Waals surface area (Å²) in [5, 5.41) is 0. The number of sulfonamides is 1. The Bertz CT molecular complexity index is 532. The lowest BCUT2D eigenvalue weighted by Crippen LogP contribution is -2.39. The number of nitrogen functional groups attached to an aromatic ring is 1. The molecule has 0 unspecified atom stereocenters. The largest absolute Gasteiger partial charge is 0.398 e. The van der Waals surface area contributed by atoms with Crippen LogP contribution in [0, 0.1) is 5.82 Å². The van der Waals surface area contributed by atoms with Crippen molar-refractivity contribution in [1.29, 1.82) is 0 Å². The molecule has 2 rings (SSSR count). The Morgan fingerprint density at radius 1 is 1.37 bits per heavy atom. The maximum Gasteiger partial charge on any atom is 0.213 e. The topological polar surface area (TPSA) is 63.4 Å². The lowest BCUT2D eigenvalue weighted by Gasteiger charge is -2.31. The van der Waals surface area contributed by atoms with Gasteiger partial charge in [0.2, 0.25) is 10.0 Å². The maximum absolute atomic E-state index is 13.8. The van der Waals surface area contributed by atoms with E-state index >= 15 is 0 Å². The zero-order valence-electron chi connectivity index (χ0n) is 11.0. The van der Waals surface area contributed by atoms with E-state index in [0.29, 0.717) is 37.2 Å². The molecular formula is C13H19FN2O2S. The zero-order chi connectivity index (χ0) is 14.0. The molecule has 0 aromatic heterocycles. The van der Waals surface area contributed by atoms with Crippen LogP contribution in [0.25, 0.3) is 0 Å². The van der Waals surface area contributed by atoms with Crippen LogP contribution in [0.1, 0.15) is 31.2 Å². The minimum atomic E-state index is -3.14. The number of hydrogen-bond acceptors (Lipinski definition) is 3. The fourth-order valence-corrected chi connectivity index (χ4v) is 3.72. The molecular weight excluding hydrogens is 267 g/mol. The Labute approximate surface area is 113 Å². The molecule has 1 saturated heterocycles. The third-order valence-corrected chi connectivity index (χ3v) is 5.59. The Morgan fingerprint density at radius 3 is 2.53 bits per heavy atom. The number of halogens is 1. The van der Waals surface area contributed by atoms with Gasteiger partial charge in [-0.2, -0.15) is 0 Å². The van der Waals surface area contributed by atoms with E-state index in [2.05, 4.69) is 0 Å². The first-order valence-electron chi connectivity index (χ1n) is 6.47. The summed E-state index contributed by atoms with van der Waals surface area (Å²) in [4.78, 5) is 0. The minimum Gasteiger partial charge on any atom is -0.398 e. The molecule has 0 saturated carbocycles. The van der Waals surface area contributed by atoms with Gasteiger partial charge in [-0.3, -0.25) is 0 Å². The van der Waals surface area contributed by atoms with E-state index < -0.39 is 10.0 Å². The predicted octanol–water partition coefficient (Wildman–Crippen LogP) is 1.94. The molecule has 2 N–H and O–H groups in total. The Hall–Kier alpha value is -1.14. The van der Waals surface area contributed by atoms with Gasteiger partial charge in [-0.25, -0.2) is 17.1 Å². The first-order valence-corrected chi connectivity index (χ1v) is 8.08. The van der Waals surface area contributed by atoms with E-state index in [-0.39, 0.29) is 17.5 Å². The van der Waals surface area contributed by atoms with E-state index in [0.717, 1.165) is 0 Å². The van der Waals surface area contributed by atoms with E-state index in [1.165, 1.54) is 10.4 Å². The molecule has 0 aliphatic carbocycles. The fourth-order valence-electron chi connectivity index (χ4n) is 2.59. The number of anilines is 1. The van der Waals surface area contributed by atoms with Gasteiger partial charge >= 0.3 is 0 Å². The van der Waals surface area contributed by atoms with Crippen molar-refractivity contribution >= 4 is 15.7 Å². The van der Waals surface area contributed by atoms with E-state index in [4.69, 9.17) is 5.73 Å². The van der Waals surface area contributed by atoms with E-state index in [1.807, 2.05) is 0 Å². The number of benzene rings is 1. The number of nitrogens with two attached hydrogens (primary N) is 1. The molecule has 19 heavy (non-hydrogen) atoms. The van der Waals surface area contributed by atoms with Crippen molar-refractivity contribution < 1.29 is 12.8 Å². The minimum absolute atomic E-state index is 0.00417. The van der Waals surface area contributed by atoms with Gasteiger partial charge in [0, 0.05) is 24.3 Å². The average molecular weight is 286 g/mol. The number of hydrogen-bond donors (Lipinski definition) is 1. The molecule has 4 nitrogen and oxygen atoms in total. The highest BCUT2D eigenvalue weighted by Crippen LogP contribution is 2.34. The standard InChI is InChI=1S/C13H19FN2O2S/c1-2-19(17,18)16-8-6-10(7-9-16)13-11(14)4-3-5-12(13)15/h3-5,10H,2,6-9,15H2,1H3.